The minimum absolute atomic E-state index is 0.271. The number of ether oxygens (including phenoxy) is 1. The molecular formula is C15H15N3O4. The molecule has 1 aromatic carbocycles. The Morgan fingerprint density at radius 3 is 2.41 bits per heavy atom. The first kappa shape index (κ1) is 15.4. The Hall–Kier alpha value is -2.96. The molecule has 0 aliphatic rings. The molecule has 0 fully saturated rings. The van der Waals surface area contributed by atoms with Crippen molar-refractivity contribution in [1.29, 1.82) is 0 Å². The maximum Gasteiger partial charge on any atom is 0.303 e. The van der Waals surface area contributed by atoms with Gasteiger partial charge in [-0.25, -0.2) is 5.10 Å². The molecule has 7 nitrogen and oxygen atoms in total. The molecule has 0 saturated carbocycles. The molecule has 0 radical (unpaired) electrons. The van der Waals surface area contributed by atoms with Gasteiger partial charge >= 0.3 is 5.97 Å². The van der Waals surface area contributed by atoms with Crippen LogP contribution in [0.2, 0.25) is 0 Å². The van der Waals surface area contributed by atoms with Crippen molar-refractivity contribution in [2.75, 3.05) is 5.32 Å². The summed E-state index contributed by atoms with van der Waals surface area (Å²) < 4.78 is 4.79. The van der Waals surface area contributed by atoms with Crippen LogP contribution in [-0.4, -0.2) is 28.2 Å². The second kappa shape index (κ2) is 6.66. The normalized spacial score (nSPS) is 11.5. The molecule has 1 aromatic heterocycles. The topological polar surface area (TPSA) is 101 Å². The van der Waals surface area contributed by atoms with Crippen molar-refractivity contribution in [1.82, 2.24) is 10.2 Å². The van der Waals surface area contributed by atoms with Crippen molar-refractivity contribution in [3.8, 4) is 11.3 Å². The highest BCUT2D eigenvalue weighted by atomic mass is 16.5. The van der Waals surface area contributed by atoms with E-state index in [0.717, 1.165) is 5.56 Å². The number of anilines is 1. The van der Waals surface area contributed by atoms with E-state index in [1.54, 1.807) is 30.3 Å². The number of carbonyl (C=O) groups excluding carboxylic acids is 2. The number of aromatic nitrogens is 2. The van der Waals surface area contributed by atoms with E-state index < -0.39 is 18.0 Å². The molecule has 0 spiro atoms. The maximum atomic E-state index is 11.8. The molecule has 1 unspecified atom stereocenters. The van der Waals surface area contributed by atoms with Crippen LogP contribution < -0.4 is 10.9 Å². The molecule has 0 aliphatic heterocycles. The molecular weight excluding hydrogens is 286 g/mol. The van der Waals surface area contributed by atoms with Crippen molar-refractivity contribution >= 4 is 17.6 Å². The van der Waals surface area contributed by atoms with Gasteiger partial charge in [0, 0.05) is 24.2 Å². The predicted molar refractivity (Wildman–Crippen MR) is 80.2 cm³/mol. The monoisotopic (exact) mass is 301 g/mol. The average molecular weight is 301 g/mol. The Morgan fingerprint density at radius 2 is 1.86 bits per heavy atom. The number of esters is 1. The third-order valence-electron chi connectivity index (χ3n) is 2.84. The molecule has 0 saturated heterocycles. The highest BCUT2D eigenvalue weighted by Gasteiger charge is 2.15. The van der Waals surface area contributed by atoms with E-state index in [4.69, 9.17) is 4.74 Å². The van der Waals surface area contributed by atoms with Gasteiger partial charge in [0.1, 0.15) is 0 Å². The third kappa shape index (κ3) is 4.02. The lowest BCUT2D eigenvalue weighted by molar-refractivity contribution is -0.150. The lowest BCUT2D eigenvalue weighted by Gasteiger charge is -2.12. The quantitative estimate of drug-likeness (QED) is 0.830. The van der Waals surface area contributed by atoms with E-state index in [9.17, 15) is 14.4 Å². The highest BCUT2D eigenvalue weighted by Crippen LogP contribution is 2.18. The molecule has 1 amide bonds. The Labute approximate surface area is 126 Å². The Kier molecular flexibility index (Phi) is 4.67. The van der Waals surface area contributed by atoms with E-state index in [2.05, 4.69) is 15.5 Å². The standard InChI is InChI=1S/C15H15N3O4/c1-9(22-10(2)19)15(21)16-12-5-3-11(4-6-12)13-7-8-14(20)18-17-13/h3-9H,1-2H3,(H,16,21)(H,18,20). The number of nitrogens with one attached hydrogen (secondary N) is 2. The van der Waals surface area contributed by atoms with Gasteiger partial charge < -0.3 is 10.1 Å². The van der Waals surface area contributed by atoms with Crippen LogP contribution in [0.4, 0.5) is 5.69 Å². The summed E-state index contributed by atoms with van der Waals surface area (Å²) in [6.45, 7) is 2.74. The van der Waals surface area contributed by atoms with Crippen molar-refractivity contribution < 1.29 is 14.3 Å². The fourth-order valence-electron chi connectivity index (χ4n) is 1.78. The second-order valence-electron chi connectivity index (χ2n) is 4.62. The van der Waals surface area contributed by atoms with Crippen LogP contribution in [0, 0.1) is 0 Å². The second-order valence-corrected chi connectivity index (χ2v) is 4.62. The lowest BCUT2D eigenvalue weighted by atomic mass is 10.1. The largest absolute Gasteiger partial charge is 0.453 e. The number of benzene rings is 1. The number of nitrogens with zero attached hydrogens (tertiary/aromatic N) is 1. The van der Waals surface area contributed by atoms with E-state index in [-0.39, 0.29) is 5.56 Å². The molecule has 114 valence electrons. The molecule has 2 N–H and O–H groups in total. The number of hydrogen-bond acceptors (Lipinski definition) is 5. The summed E-state index contributed by atoms with van der Waals surface area (Å²) in [7, 11) is 0. The van der Waals surface area contributed by atoms with Gasteiger partial charge in [-0.2, -0.15) is 5.10 Å². The summed E-state index contributed by atoms with van der Waals surface area (Å²) in [6.07, 6.45) is -0.863. The fraction of sp³-hybridized carbons (Fsp3) is 0.200. The SMILES string of the molecule is CC(=O)OC(C)C(=O)Nc1ccc(-c2ccc(=O)[nH]n2)cc1. The van der Waals surface area contributed by atoms with Crippen LogP contribution in [0.25, 0.3) is 11.3 Å². The van der Waals surface area contributed by atoms with Crippen molar-refractivity contribution in [2.45, 2.75) is 20.0 Å². The molecule has 2 aromatic rings. The van der Waals surface area contributed by atoms with Crippen molar-refractivity contribution in [2.24, 2.45) is 0 Å². The Morgan fingerprint density at radius 1 is 1.18 bits per heavy atom. The molecule has 2 rings (SSSR count). The minimum Gasteiger partial charge on any atom is -0.453 e. The number of H-pyrrole nitrogens is 1. The first-order valence-electron chi connectivity index (χ1n) is 6.60. The maximum absolute atomic E-state index is 11.8. The van der Waals surface area contributed by atoms with E-state index in [1.165, 1.54) is 19.9 Å². The summed E-state index contributed by atoms with van der Waals surface area (Å²) in [4.78, 5) is 33.6. The summed E-state index contributed by atoms with van der Waals surface area (Å²) in [5, 5.41) is 8.91. The third-order valence-corrected chi connectivity index (χ3v) is 2.84. The average Bonchev–Trinajstić information content (AvgIpc) is 2.48. The van der Waals surface area contributed by atoms with Gasteiger partial charge in [-0.1, -0.05) is 12.1 Å². The van der Waals surface area contributed by atoms with Crippen LogP contribution in [0.15, 0.2) is 41.2 Å². The fourth-order valence-corrected chi connectivity index (χ4v) is 1.78. The predicted octanol–water partition coefficient (Wildman–Crippen LogP) is 1.33. The number of rotatable bonds is 4. The smallest absolute Gasteiger partial charge is 0.303 e. The molecule has 7 heteroatoms. The lowest BCUT2D eigenvalue weighted by Crippen LogP contribution is -2.29. The zero-order chi connectivity index (χ0) is 16.1. The van der Waals surface area contributed by atoms with E-state index >= 15 is 0 Å². The van der Waals surface area contributed by atoms with Crippen molar-refractivity contribution in [3.05, 3.63) is 46.8 Å². The van der Waals surface area contributed by atoms with Crippen LogP contribution in [0.3, 0.4) is 0 Å². The van der Waals surface area contributed by atoms with Crippen molar-refractivity contribution in [3.63, 3.8) is 0 Å². The molecule has 0 aliphatic carbocycles. The first-order chi connectivity index (χ1) is 10.5. The number of aromatic amines is 1. The van der Waals surface area contributed by atoms with Gasteiger partial charge in [-0.15, -0.1) is 0 Å². The number of carbonyl (C=O) groups is 2. The zero-order valence-electron chi connectivity index (χ0n) is 12.1. The molecule has 22 heavy (non-hydrogen) atoms. The van der Waals surface area contributed by atoms with Gasteiger partial charge in [0.05, 0.1) is 5.69 Å². The van der Waals surface area contributed by atoms with Gasteiger partial charge in [-0.05, 0) is 25.1 Å². The van der Waals surface area contributed by atoms with Gasteiger partial charge in [-0.3, -0.25) is 14.4 Å². The Balaban J connectivity index is 2.06. The highest BCUT2D eigenvalue weighted by molar-refractivity contribution is 5.95. The first-order valence-corrected chi connectivity index (χ1v) is 6.60. The van der Waals surface area contributed by atoms with E-state index in [0.29, 0.717) is 11.4 Å². The van der Waals surface area contributed by atoms with Crippen LogP contribution in [-0.2, 0) is 14.3 Å². The van der Waals surface area contributed by atoms with Crippen LogP contribution in [0.1, 0.15) is 13.8 Å². The minimum atomic E-state index is -0.863. The molecule has 1 heterocycles. The summed E-state index contributed by atoms with van der Waals surface area (Å²) in [5.74, 6) is -0.924. The number of hydrogen-bond donors (Lipinski definition) is 2. The van der Waals surface area contributed by atoms with Gasteiger partial charge in [0.2, 0.25) is 0 Å². The summed E-state index contributed by atoms with van der Waals surface area (Å²) >= 11 is 0. The zero-order valence-corrected chi connectivity index (χ0v) is 12.1. The molecule has 0 bridgehead atoms. The Bertz CT molecular complexity index is 717. The summed E-state index contributed by atoms with van der Waals surface area (Å²) in [5.41, 5.74) is 1.71. The van der Waals surface area contributed by atoms with E-state index in [1.807, 2.05) is 0 Å². The summed E-state index contributed by atoms with van der Waals surface area (Å²) in [6, 6.07) is 9.90. The van der Waals surface area contributed by atoms with Crippen LogP contribution >= 0.6 is 0 Å². The molecule has 1 atom stereocenters. The number of amides is 1. The van der Waals surface area contributed by atoms with Gasteiger partial charge in [0.15, 0.2) is 6.10 Å². The van der Waals surface area contributed by atoms with Crippen LogP contribution in [0.5, 0.6) is 0 Å². The van der Waals surface area contributed by atoms with Gasteiger partial charge in [0.25, 0.3) is 11.5 Å².